The predicted molar refractivity (Wildman–Crippen MR) is 113 cm³/mol. The van der Waals surface area contributed by atoms with E-state index in [2.05, 4.69) is 10.0 Å². The Hall–Kier alpha value is -3.52. The van der Waals surface area contributed by atoms with E-state index in [-0.39, 0.29) is 10.7 Å². The lowest BCUT2D eigenvalue weighted by atomic mass is 9.98. The number of para-hydroxylation sites is 2. The molecule has 1 heterocycles. The summed E-state index contributed by atoms with van der Waals surface area (Å²) in [5.74, 6) is 0.488. The molecule has 8 heteroatoms. The molecule has 0 spiro atoms. The summed E-state index contributed by atoms with van der Waals surface area (Å²) in [5, 5.41) is 11.2. The molecule has 0 saturated carbocycles. The third-order valence-corrected chi connectivity index (χ3v) is 6.03. The molecule has 1 atom stereocenters. The van der Waals surface area contributed by atoms with Crippen molar-refractivity contribution in [2.75, 3.05) is 16.6 Å². The number of sulfonamides is 1. The fourth-order valence-corrected chi connectivity index (χ4v) is 4.41. The fraction of sp³-hybridized carbons (Fsp3) is 0.0952. The summed E-state index contributed by atoms with van der Waals surface area (Å²) in [6.45, 7) is 0.404. The van der Waals surface area contributed by atoms with Crippen LogP contribution in [0, 0.1) is 5.41 Å². The van der Waals surface area contributed by atoms with Gasteiger partial charge in [-0.1, -0.05) is 42.5 Å². The van der Waals surface area contributed by atoms with Crippen LogP contribution in [0.1, 0.15) is 17.2 Å². The maximum atomic E-state index is 12.9. The average molecular weight is 408 g/mol. The second-order valence-electron chi connectivity index (χ2n) is 6.58. The van der Waals surface area contributed by atoms with Gasteiger partial charge in [0.05, 0.1) is 22.8 Å². The number of hydrogen-bond acceptors (Lipinski definition) is 5. The van der Waals surface area contributed by atoms with Crippen LogP contribution in [0.5, 0.6) is 5.75 Å². The maximum absolute atomic E-state index is 12.9. The number of nitrogen functional groups attached to an aromatic ring is 1. The van der Waals surface area contributed by atoms with E-state index >= 15 is 0 Å². The molecule has 0 aliphatic carbocycles. The van der Waals surface area contributed by atoms with Crippen molar-refractivity contribution in [3.63, 3.8) is 0 Å². The molecule has 7 nitrogen and oxygen atoms in total. The third kappa shape index (κ3) is 3.74. The highest BCUT2D eigenvalue weighted by Gasteiger charge is 2.28. The number of fused-ring (bicyclic) bond motifs is 1. The lowest BCUT2D eigenvalue weighted by Gasteiger charge is -2.30. The first-order chi connectivity index (χ1) is 14.0. The van der Waals surface area contributed by atoms with E-state index in [9.17, 15) is 8.42 Å². The van der Waals surface area contributed by atoms with E-state index < -0.39 is 16.1 Å². The first-order valence-electron chi connectivity index (χ1n) is 9.00. The molecule has 0 amide bonds. The Morgan fingerprint density at radius 3 is 2.52 bits per heavy atom. The maximum Gasteiger partial charge on any atom is 0.261 e. The number of ether oxygens (including phenoxy) is 1. The largest absolute Gasteiger partial charge is 0.482 e. The van der Waals surface area contributed by atoms with Crippen LogP contribution < -0.4 is 20.5 Å². The van der Waals surface area contributed by atoms with Gasteiger partial charge in [-0.2, -0.15) is 0 Å². The van der Waals surface area contributed by atoms with Gasteiger partial charge in [0, 0.05) is 11.1 Å². The third-order valence-electron chi connectivity index (χ3n) is 4.65. The van der Waals surface area contributed by atoms with Gasteiger partial charge in [0.2, 0.25) is 0 Å². The minimum absolute atomic E-state index is 0.146. The van der Waals surface area contributed by atoms with Crippen molar-refractivity contribution in [3.05, 3.63) is 83.9 Å². The Labute approximate surface area is 169 Å². The van der Waals surface area contributed by atoms with Crippen molar-refractivity contribution < 1.29 is 13.2 Å². The van der Waals surface area contributed by atoms with E-state index in [1.54, 1.807) is 36.4 Å². The summed E-state index contributed by atoms with van der Waals surface area (Å²) in [6.07, 6.45) is -0.529. The SMILES string of the molecule is N=C(N)c1cccc(NS(=O)(=O)c2ccccc2)c1C1CNc2ccccc2O1. The van der Waals surface area contributed by atoms with Crippen molar-refractivity contribution in [2.24, 2.45) is 5.73 Å². The van der Waals surface area contributed by atoms with Crippen LogP contribution in [-0.4, -0.2) is 20.8 Å². The van der Waals surface area contributed by atoms with E-state index in [1.807, 2.05) is 24.3 Å². The summed E-state index contributed by atoms with van der Waals surface area (Å²) in [6, 6.07) is 20.6. The Balaban J connectivity index is 1.76. The van der Waals surface area contributed by atoms with Crippen molar-refractivity contribution in [3.8, 4) is 5.75 Å². The monoisotopic (exact) mass is 408 g/mol. The van der Waals surface area contributed by atoms with Gasteiger partial charge in [0.25, 0.3) is 10.0 Å². The fourth-order valence-electron chi connectivity index (χ4n) is 3.31. The predicted octanol–water partition coefficient (Wildman–Crippen LogP) is 3.32. The zero-order valence-corrected chi connectivity index (χ0v) is 16.2. The van der Waals surface area contributed by atoms with Crippen molar-refractivity contribution in [1.82, 2.24) is 0 Å². The molecule has 1 aliphatic rings. The molecule has 0 radical (unpaired) electrons. The molecule has 148 valence electrons. The van der Waals surface area contributed by atoms with Crippen molar-refractivity contribution in [2.45, 2.75) is 11.0 Å². The van der Waals surface area contributed by atoms with Crippen LogP contribution in [0.4, 0.5) is 11.4 Å². The number of hydrogen-bond donors (Lipinski definition) is 4. The molecule has 3 aromatic carbocycles. The minimum Gasteiger partial charge on any atom is -0.482 e. The second-order valence-corrected chi connectivity index (χ2v) is 8.26. The van der Waals surface area contributed by atoms with Gasteiger partial charge in [-0.05, 0) is 30.3 Å². The first-order valence-corrected chi connectivity index (χ1v) is 10.5. The molecule has 1 unspecified atom stereocenters. The van der Waals surface area contributed by atoms with Crippen LogP contribution in [0.15, 0.2) is 77.7 Å². The summed E-state index contributed by atoms with van der Waals surface area (Å²) < 4.78 is 34.5. The number of anilines is 2. The highest BCUT2D eigenvalue weighted by atomic mass is 32.2. The molecule has 1 aliphatic heterocycles. The lowest BCUT2D eigenvalue weighted by molar-refractivity contribution is 0.211. The second kappa shape index (κ2) is 7.48. The molecule has 5 N–H and O–H groups in total. The number of amidine groups is 1. The van der Waals surface area contributed by atoms with Crippen LogP contribution in [-0.2, 0) is 10.0 Å². The zero-order chi connectivity index (χ0) is 20.4. The van der Waals surface area contributed by atoms with Crippen molar-refractivity contribution >= 4 is 27.2 Å². The summed E-state index contributed by atoms with van der Waals surface area (Å²) in [4.78, 5) is 0.146. The number of nitrogens with two attached hydrogens (primary N) is 1. The van der Waals surface area contributed by atoms with Crippen LogP contribution in [0.2, 0.25) is 0 Å². The van der Waals surface area contributed by atoms with Gasteiger partial charge in [-0.3, -0.25) is 10.1 Å². The standard InChI is InChI=1S/C21H20N4O3S/c22-21(23)15-9-6-11-17(25-29(26,27)14-7-2-1-3-8-14)20(15)19-13-24-16-10-4-5-12-18(16)28-19/h1-12,19,24-25H,13H2,(H3,22,23). The Kier molecular flexibility index (Phi) is 4.85. The summed E-state index contributed by atoms with van der Waals surface area (Å²) in [7, 11) is -3.81. The smallest absolute Gasteiger partial charge is 0.261 e. The van der Waals surface area contributed by atoms with E-state index in [1.165, 1.54) is 12.1 Å². The van der Waals surface area contributed by atoms with Gasteiger partial charge in [-0.25, -0.2) is 8.42 Å². The van der Waals surface area contributed by atoms with Crippen LogP contribution in [0.25, 0.3) is 0 Å². The topological polar surface area (TPSA) is 117 Å². The number of nitrogens with one attached hydrogen (secondary N) is 3. The quantitative estimate of drug-likeness (QED) is 0.382. The Morgan fingerprint density at radius 1 is 1.03 bits per heavy atom. The highest BCUT2D eigenvalue weighted by molar-refractivity contribution is 7.92. The Morgan fingerprint density at radius 2 is 1.76 bits per heavy atom. The molecule has 0 aromatic heterocycles. The summed E-state index contributed by atoms with van der Waals surface area (Å²) in [5.41, 5.74) is 7.91. The van der Waals surface area contributed by atoms with Gasteiger partial charge in [0.15, 0.2) is 0 Å². The van der Waals surface area contributed by atoms with E-state index in [0.717, 1.165) is 5.69 Å². The molecule has 29 heavy (non-hydrogen) atoms. The van der Waals surface area contributed by atoms with E-state index in [0.29, 0.717) is 29.1 Å². The van der Waals surface area contributed by atoms with Gasteiger partial charge in [-0.15, -0.1) is 0 Å². The molecule has 0 saturated heterocycles. The highest BCUT2D eigenvalue weighted by Crippen LogP contribution is 2.38. The Bertz CT molecular complexity index is 1160. The average Bonchev–Trinajstić information content (AvgIpc) is 2.73. The van der Waals surface area contributed by atoms with E-state index in [4.69, 9.17) is 15.9 Å². The number of rotatable bonds is 5. The van der Waals surface area contributed by atoms with Gasteiger partial charge >= 0.3 is 0 Å². The zero-order valence-electron chi connectivity index (χ0n) is 15.4. The number of benzene rings is 3. The molecular weight excluding hydrogens is 388 g/mol. The van der Waals surface area contributed by atoms with Gasteiger partial charge in [0.1, 0.15) is 17.7 Å². The lowest BCUT2D eigenvalue weighted by Crippen LogP contribution is -2.28. The first kappa shape index (κ1) is 18.8. The molecular formula is C21H20N4O3S. The minimum atomic E-state index is -3.81. The van der Waals surface area contributed by atoms with Crippen LogP contribution >= 0.6 is 0 Å². The molecule has 0 fully saturated rings. The normalized spacial score (nSPS) is 15.5. The molecule has 4 rings (SSSR count). The molecule has 3 aromatic rings. The van der Waals surface area contributed by atoms with Crippen molar-refractivity contribution in [1.29, 1.82) is 5.41 Å². The van der Waals surface area contributed by atoms with Gasteiger partial charge < -0.3 is 15.8 Å². The molecule has 0 bridgehead atoms. The summed E-state index contributed by atoms with van der Waals surface area (Å²) >= 11 is 0. The van der Waals surface area contributed by atoms with Crippen LogP contribution in [0.3, 0.4) is 0 Å².